The summed E-state index contributed by atoms with van der Waals surface area (Å²) < 4.78 is 0. The molecule has 0 aliphatic carbocycles. The van der Waals surface area contributed by atoms with Crippen LogP contribution in [0.4, 0.5) is 4.79 Å². The Morgan fingerprint density at radius 1 is 1.10 bits per heavy atom. The Morgan fingerprint density at radius 3 is 2.33 bits per heavy atom. The van der Waals surface area contributed by atoms with Crippen LogP contribution in [0.1, 0.15) is 50.7 Å². The highest BCUT2D eigenvalue weighted by molar-refractivity contribution is 6.09. The van der Waals surface area contributed by atoms with Gasteiger partial charge < -0.3 is 15.1 Å². The third kappa shape index (κ3) is 4.67. The largest absolute Gasteiger partial charge is 0.330 e. The van der Waals surface area contributed by atoms with Gasteiger partial charge in [-0.25, -0.2) is 4.79 Å². The number of aryl methyl sites for hydroxylation is 1. The molecule has 0 aromatic heterocycles. The van der Waals surface area contributed by atoms with E-state index in [9.17, 15) is 14.4 Å². The predicted molar refractivity (Wildman–Crippen MR) is 115 cm³/mol. The molecule has 30 heavy (non-hydrogen) atoms. The van der Waals surface area contributed by atoms with E-state index in [4.69, 9.17) is 0 Å². The number of imide groups is 1. The molecule has 0 radical (unpaired) electrons. The standard InChI is InChI=1S/C23H34N4O3/c1-4-10-23(11-5-2)21(29)27(22(30)24-23)17-20(28)26-14-12-25(13-15-26)16-19-9-7-6-8-18(19)3/h6-9H,4-5,10-17H2,1-3H3,(H,24,30)/p+1. The smallest absolute Gasteiger partial charge is 0.325 e. The maximum atomic E-state index is 13.0. The second-order valence-corrected chi connectivity index (χ2v) is 8.64. The van der Waals surface area contributed by atoms with Gasteiger partial charge in [0.25, 0.3) is 5.91 Å². The van der Waals surface area contributed by atoms with Crippen molar-refractivity contribution in [2.45, 2.75) is 58.5 Å². The van der Waals surface area contributed by atoms with E-state index in [-0.39, 0.29) is 18.4 Å². The quantitative estimate of drug-likeness (QED) is 0.625. The molecule has 7 nitrogen and oxygen atoms in total. The number of benzene rings is 1. The summed E-state index contributed by atoms with van der Waals surface area (Å²) in [6.07, 6.45) is 2.83. The number of quaternary nitrogens is 1. The molecule has 2 N–H and O–H groups in total. The molecular formula is C23H35N4O3+. The summed E-state index contributed by atoms with van der Waals surface area (Å²) in [5.74, 6) is -0.384. The SMILES string of the molecule is CCCC1(CCC)NC(=O)N(CC(=O)N2CC[NH+](Cc3ccccc3C)CC2)C1=O. The lowest BCUT2D eigenvalue weighted by Crippen LogP contribution is -3.13. The second-order valence-electron chi connectivity index (χ2n) is 8.64. The van der Waals surface area contributed by atoms with Crippen LogP contribution in [-0.2, 0) is 16.1 Å². The minimum atomic E-state index is -0.836. The van der Waals surface area contributed by atoms with Crippen molar-refractivity contribution in [3.8, 4) is 0 Å². The Morgan fingerprint density at radius 2 is 1.73 bits per heavy atom. The lowest BCUT2D eigenvalue weighted by molar-refractivity contribution is -0.917. The van der Waals surface area contributed by atoms with Gasteiger partial charge in [-0.15, -0.1) is 0 Å². The zero-order chi connectivity index (χ0) is 21.7. The average Bonchev–Trinajstić information content (AvgIpc) is 2.95. The first-order chi connectivity index (χ1) is 14.4. The van der Waals surface area contributed by atoms with Crippen LogP contribution in [0.15, 0.2) is 24.3 Å². The van der Waals surface area contributed by atoms with Crippen molar-refractivity contribution in [1.29, 1.82) is 0 Å². The number of carbonyl (C=O) groups excluding carboxylic acids is 3. The number of hydrogen-bond donors (Lipinski definition) is 2. The number of hydrogen-bond acceptors (Lipinski definition) is 3. The fourth-order valence-electron chi connectivity index (χ4n) is 4.70. The molecule has 2 heterocycles. The highest BCUT2D eigenvalue weighted by atomic mass is 16.2. The maximum Gasteiger partial charge on any atom is 0.325 e. The van der Waals surface area contributed by atoms with Gasteiger partial charge in [-0.3, -0.25) is 14.5 Å². The van der Waals surface area contributed by atoms with Crippen molar-refractivity contribution in [1.82, 2.24) is 15.1 Å². The highest BCUT2D eigenvalue weighted by Gasteiger charge is 2.50. The van der Waals surface area contributed by atoms with Gasteiger partial charge in [-0.2, -0.15) is 0 Å². The zero-order valence-corrected chi connectivity index (χ0v) is 18.5. The van der Waals surface area contributed by atoms with Crippen LogP contribution in [-0.4, -0.2) is 65.9 Å². The minimum Gasteiger partial charge on any atom is -0.330 e. The first-order valence-electron chi connectivity index (χ1n) is 11.2. The Balaban J connectivity index is 1.55. The van der Waals surface area contributed by atoms with Gasteiger partial charge >= 0.3 is 6.03 Å². The van der Waals surface area contributed by atoms with Crippen molar-refractivity contribution in [3.05, 3.63) is 35.4 Å². The van der Waals surface area contributed by atoms with E-state index in [0.717, 1.165) is 37.4 Å². The number of piperazine rings is 1. The van der Waals surface area contributed by atoms with Gasteiger partial charge in [0, 0.05) is 5.56 Å². The van der Waals surface area contributed by atoms with Gasteiger partial charge in [0.05, 0.1) is 26.2 Å². The molecule has 1 aromatic carbocycles. The summed E-state index contributed by atoms with van der Waals surface area (Å²) in [4.78, 5) is 42.7. The summed E-state index contributed by atoms with van der Waals surface area (Å²) in [5, 5.41) is 2.88. The molecule has 0 atom stereocenters. The molecular weight excluding hydrogens is 380 g/mol. The fraction of sp³-hybridized carbons (Fsp3) is 0.609. The average molecular weight is 416 g/mol. The van der Waals surface area contributed by atoms with E-state index in [1.165, 1.54) is 16.0 Å². The molecule has 4 amide bonds. The van der Waals surface area contributed by atoms with Crippen LogP contribution in [0.3, 0.4) is 0 Å². The number of urea groups is 1. The Labute approximate surface area is 179 Å². The van der Waals surface area contributed by atoms with Crippen LogP contribution in [0.5, 0.6) is 0 Å². The topological polar surface area (TPSA) is 74.2 Å². The monoisotopic (exact) mass is 415 g/mol. The molecule has 3 rings (SSSR count). The fourth-order valence-corrected chi connectivity index (χ4v) is 4.70. The van der Waals surface area contributed by atoms with E-state index in [1.54, 1.807) is 4.90 Å². The third-order valence-corrected chi connectivity index (χ3v) is 6.42. The van der Waals surface area contributed by atoms with Crippen molar-refractivity contribution in [3.63, 3.8) is 0 Å². The Kier molecular flexibility index (Phi) is 7.13. The van der Waals surface area contributed by atoms with Gasteiger partial charge in [-0.05, 0) is 25.3 Å². The van der Waals surface area contributed by atoms with Crippen molar-refractivity contribution < 1.29 is 19.3 Å². The normalized spacial score (nSPS) is 19.3. The van der Waals surface area contributed by atoms with Gasteiger partial charge in [-0.1, -0.05) is 51.0 Å². The molecule has 164 valence electrons. The lowest BCUT2D eigenvalue weighted by Gasteiger charge is -2.33. The molecule has 0 saturated carbocycles. The van der Waals surface area contributed by atoms with Crippen molar-refractivity contribution in [2.24, 2.45) is 0 Å². The van der Waals surface area contributed by atoms with Crippen molar-refractivity contribution in [2.75, 3.05) is 32.7 Å². The number of amides is 4. The van der Waals surface area contributed by atoms with E-state index in [0.29, 0.717) is 25.9 Å². The summed E-state index contributed by atoms with van der Waals surface area (Å²) in [5.41, 5.74) is 1.80. The molecule has 7 heteroatoms. The summed E-state index contributed by atoms with van der Waals surface area (Å²) in [6, 6.07) is 7.98. The van der Waals surface area contributed by atoms with E-state index in [2.05, 4.69) is 36.5 Å². The van der Waals surface area contributed by atoms with Gasteiger partial charge in [0.1, 0.15) is 18.6 Å². The molecule has 0 unspecified atom stereocenters. The zero-order valence-electron chi connectivity index (χ0n) is 18.5. The number of carbonyl (C=O) groups is 3. The minimum absolute atomic E-state index is 0.141. The molecule has 2 fully saturated rings. The van der Waals surface area contributed by atoms with Crippen LogP contribution in [0.2, 0.25) is 0 Å². The molecule has 0 bridgehead atoms. The third-order valence-electron chi connectivity index (χ3n) is 6.42. The van der Waals surface area contributed by atoms with Gasteiger partial charge in [0.15, 0.2) is 0 Å². The van der Waals surface area contributed by atoms with E-state index < -0.39 is 11.6 Å². The summed E-state index contributed by atoms with van der Waals surface area (Å²) in [7, 11) is 0. The first-order valence-corrected chi connectivity index (χ1v) is 11.2. The molecule has 2 aliphatic heterocycles. The Hall–Kier alpha value is -2.41. The first kappa shape index (κ1) is 22.3. The summed E-state index contributed by atoms with van der Waals surface area (Å²) in [6.45, 7) is 9.98. The molecule has 2 aliphatic rings. The number of nitrogens with one attached hydrogen (secondary N) is 2. The van der Waals surface area contributed by atoms with E-state index >= 15 is 0 Å². The van der Waals surface area contributed by atoms with E-state index in [1.807, 2.05) is 13.8 Å². The Bertz CT molecular complexity index is 780. The van der Waals surface area contributed by atoms with Crippen LogP contribution in [0.25, 0.3) is 0 Å². The predicted octanol–water partition coefficient (Wildman–Crippen LogP) is 1.11. The number of nitrogens with zero attached hydrogens (tertiary/aromatic N) is 2. The molecule has 2 saturated heterocycles. The van der Waals surface area contributed by atoms with Crippen LogP contribution < -0.4 is 10.2 Å². The van der Waals surface area contributed by atoms with Crippen LogP contribution in [0, 0.1) is 6.92 Å². The lowest BCUT2D eigenvalue weighted by atomic mass is 9.88. The number of rotatable bonds is 8. The molecule has 1 aromatic rings. The maximum absolute atomic E-state index is 13.0. The van der Waals surface area contributed by atoms with Crippen LogP contribution >= 0.6 is 0 Å². The second kappa shape index (κ2) is 9.60. The highest BCUT2D eigenvalue weighted by Crippen LogP contribution is 2.28. The van der Waals surface area contributed by atoms with Gasteiger partial charge in [0.2, 0.25) is 5.91 Å². The van der Waals surface area contributed by atoms with Crippen molar-refractivity contribution >= 4 is 17.8 Å². The molecule has 0 spiro atoms. The summed E-state index contributed by atoms with van der Waals surface area (Å²) >= 11 is 0.